The van der Waals surface area contributed by atoms with E-state index < -0.39 is 5.97 Å². The van der Waals surface area contributed by atoms with Crippen LogP contribution in [0.15, 0.2) is 60.7 Å². The molecule has 3 heteroatoms. The van der Waals surface area contributed by atoms with Crippen LogP contribution in [-0.2, 0) is 12.8 Å². The molecule has 0 fully saturated rings. The smallest absolute Gasteiger partial charge is 0.335 e. The lowest BCUT2D eigenvalue weighted by Crippen LogP contribution is -2.12. The SMILES string of the molecule is COc1cccc2c1CC[C@H](C)C2.O=C(O)c1ccc2ccccc2c1. The average Bonchev–Trinajstić information content (AvgIpc) is 2.67. The van der Waals surface area contributed by atoms with Crippen molar-refractivity contribution in [1.29, 1.82) is 0 Å². The van der Waals surface area contributed by atoms with E-state index in [1.54, 1.807) is 19.2 Å². The molecule has 3 aromatic rings. The molecule has 4 rings (SSSR count). The number of hydrogen-bond donors (Lipinski definition) is 1. The summed E-state index contributed by atoms with van der Waals surface area (Å²) in [5.41, 5.74) is 3.25. The van der Waals surface area contributed by atoms with Crippen LogP contribution < -0.4 is 4.74 Å². The zero-order valence-electron chi connectivity index (χ0n) is 15.2. The Kier molecular flexibility index (Phi) is 5.57. The molecule has 1 atom stereocenters. The summed E-state index contributed by atoms with van der Waals surface area (Å²) in [4.78, 5) is 10.6. The predicted octanol–water partition coefficient (Wildman–Crippen LogP) is 5.36. The largest absolute Gasteiger partial charge is 0.496 e. The van der Waals surface area contributed by atoms with Crippen LogP contribution >= 0.6 is 0 Å². The van der Waals surface area contributed by atoms with Gasteiger partial charge in [0.15, 0.2) is 0 Å². The molecule has 0 bridgehead atoms. The minimum absolute atomic E-state index is 0.332. The minimum Gasteiger partial charge on any atom is -0.496 e. The first kappa shape index (κ1) is 18.0. The molecule has 1 N–H and O–H groups in total. The Morgan fingerprint density at radius 1 is 1.04 bits per heavy atom. The Bertz CT molecular complexity index is 914. The summed E-state index contributed by atoms with van der Waals surface area (Å²) in [5.74, 6) is 1.02. The second kappa shape index (κ2) is 8.05. The van der Waals surface area contributed by atoms with Gasteiger partial charge in [-0.1, -0.05) is 49.4 Å². The maximum absolute atomic E-state index is 10.6. The van der Waals surface area contributed by atoms with E-state index in [0.29, 0.717) is 5.56 Å². The number of benzene rings is 3. The third-order valence-corrected chi connectivity index (χ3v) is 4.90. The van der Waals surface area contributed by atoms with E-state index in [2.05, 4.69) is 25.1 Å². The highest BCUT2D eigenvalue weighted by molar-refractivity contribution is 5.94. The van der Waals surface area contributed by atoms with Gasteiger partial charge in [-0.05, 0) is 65.3 Å². The summed E-state index contributed by atoms with van der Waals surface area (Å²) in [6.45, 7) is 2.32. The zero-order chi connectivity index (χ0) is 18.5. The van der Waals surface area contributed by atoms with E-state index in [4.69, 9.17) is 9.84 Å². The monoisotopic (exact) mass is 348 g/mol. The number of methoxy groups -OCH3 is 1. The molecule has 0 aliphatic heterocycles. The molecule has 3 nitrogen and oxygen atoms in total. The number of fused-ring (bicyclic) bond motifs is 2. The van der Waals surface area contributed by atoms with Crippen molar-refractivity contribution in [3.05, 3.63) is 77.4 Å². The number of rotatable bonds is 2. The number of carboxylic acids is 1. The number of hydrogen-bond acceptors (Lipinski definition) is 2. The third-order valence-electron chi connectivity index (χ3n) is 4.90. The Morgan fingerprint density at radius 2 is 1.81 bits per heavy atom. The first-order valence-electron chi connectivity index (χ1n) is 8.95. The standard InChI is InChI=1S/C12H16O.C11H8O2/c1-9-6-7-11-10(8-9)4-3-5-12(11)13-2;12-11(13)10-6-5-8-3-1-2-4-9(8)7-10/h3-5,9H,6-8H2,1-2H3;1-7H,(H,12,13)/t9-;/m0./s1. The van der Waals surface area contributed by atoms with Gasteiger partial charge in [0.05, 0.1) is 12.7 Å². The molecule has 0 saturated carbocycles. The topological polar surface area (TPSA) is 46.5 Å². The van der Waals surface area contributed by atoms with Crippen molar-refractivity contribution in [2.24, 2.45) is 5.92 Å². The van der Waals surface area contributed by atoms with E-state index in [-0.39, 0.29) is 0 Å². The van der Waals surface area contributed by atoms with Crippen molar-refractivity contribution in [1.82, 2.24) is 0 Å². The molecule has 26 heavy (non-hydrogen) atoms. The van der Waals surface area contributed by atoms with Gasteiger partial charge in [0.1, 0.15) is 5.75 Å². The van der Waals surface area contributed by atoms with Crippen LogP contribution in [0.5, 0.6) is 5.75 Å². The van der Waals surface area contributed by atoms with E-state index in [0.717, 1.165) is 22.4 Å². The van der Waals surface area contributed by atoms with E-state index >= 15 is 0 Å². The Labute approximate surface area is 154 Å². The quantitative estimate of drug-likeness (QED) is 0.678. The number of aromatic carboxylic acids is 1. The summed E-state index contributed by atoms with van der Waals surface area (Å²) in [6.07, 6.45) is 3.69. The van der Waals surface area contributed by atoms with Crippen molar-refractivity contribution < 1.29 is 14.6 Å². The van der Waals surface area contributed by atoms with Crippen molar-refractivity contribution in [3.63, 3.8) is 0 Å². The number of carboxylic acid groups (broad SMARTS) is 1. The molecule has 134 valence electrons. The molecule has 0 saturated heterocycles. The fourth-order valence-corrected chi connectivity index (χ4v) is 3.47. The van der Waals surface area contributed by atoms with Gasteiger partial charge in [-0.3, -0.25) is 0 Å². The molecule has 3 aromatic carbocycles. The molecular formula is C23H24O3. The van der Waals surface area contributed by atoms with Gasteiger partial charge in [0.25, 0.3) is 0 Å². The zero-order valence-corrected chi connectivity index (χ0v) is 15.2. The molecular weight excluding hydrogens is 324 g/mol. The van der Waals surface area contributed by atoms with Crippen LogP contribution in [0, 0.1) is 5.92 Å². The first-order valence-corrected chi connectivity index (χ1v) is 8.95. The first-order chi connectivity index (χ1) is 12.6. The second-order valence-corrected chi connectivity index (χ2v) is 6.81. The van der Waals surface area contributed by atoms with Crippen LogP contribution in [0.2, 0.25) is 0 Å². The lowest BCUT2D eigenvalue weighted by Gasteiger charge is -2.22. The lowest BCUT2D eigenvalue weighted by molar-refractivity contribution is 0.0697. The normalized spacial score (nSPS) is 15.5. The van der Waals surface area contributed by atoms with E-state index in [1.807, 2.05) is 30.3 Å². The maximum atomic E-state index is 10.6. The van der Waals surface area contributed by atoms with Gasteiger partial charge in [-0.15, -0.1) is 0 Å². The lowest BCUT2D eigenvalue weighted by atomic mass is 9.84. The predicted molar refractivity (Wildman–Crippen MR) is 105 cm³/mol. The van der Waals surface area contributed by atoms with Gasteiger partial charge >= 0.3 is 5.97 Å². The van der Waals surface area contributed by atoms with Crippen LogP contribution in [-0.4, -0.2) is 18.2 Å². The highest BCUT2D eigenvalue weighted by Gasteiger charge is 2.17. The molecule has 0 amide bonds. The summed E-state index contributed by atoms with van der Waals surface area (Å²) >= 11 is 0. The van der Waals surface area contributed by atoms with Crippen LogP contribution in [0.3, 0.4) is 0 Å². The van der Waals surface area contributed by atoms with Gasteiger partial charge in [0.2, 0.25) is 0 Å². The van der Waals surface area contributed by atoms with Crippen molar-refractivity contribution in [3.8, 4) is 5.75 Å². The second-order valence-electron chi connectivity index (χ2n) is 6.81. The summed E-state index contributed by atoms with van der Waals surface area (Å²) in [6, 6.07) is 19.2. The highest BCUT2D eigenvalue weighted by atomic mass is 16.5. The van der Waals surface area contributed by atoms with Gasteiger partial charge in [-0.2, -0.15) is 0 Å². The molecule has 1 aliphatic rings. The molecule has 1 aliphatic carbocycles. The Balaban J connectivity index is 0.000000151. The van der Waals surface area contributed by atoms with Gasteiger partial charge in [-0.25, -0.2) is 4.79 Å². The summed E-state index contributed by atoms with van der Waals surface area (Å²) in [7, 11) is 1.76. The molecule has 0 heterocycles. The van der Waals surface area contributed by atoms with Crippen LogP contribution in [0.1, 0.15) is 34.8 Å². The minimum atomic E-state index is -0.884. The maximum Gasteiger partial charge on any atom is 0.335 e. The third kappa shape index (κ3) is 4.05. The van der Waals surface area contributed by atoms with Gasteiger partial charge < -0.3 is 9.84 Å². The number of carbonyl (C=O) groups is 1. The van der Waals surface area contributed by atoms with Crippen LogP contribution in [0.4, 0.5) is 0 Å². The summed E-state index contributed by atoms with van der Waals surface area (Å²) < 4.78 is 5.35. The number of ether oxygens (including phenoxy) is 1. The molecule has 0 aromatic heterocycles. The molecule has 0 unspecified atom stereocenters. The van der Waals surface area contributed by atoms with E-state index in [9.17, 15) is 4.79 Å². The van der Waals surface area contributed by atoms with Crippen molar-refractivity contribution >= 4 is 16.7 Å². The fraction of sp³-hybridized carbons (Fsp3) is 0.261. The highest BCUT2D eigenvalue weighted by Crippen LogP contribution is 2.31. The molecule has 0 spiro atoms. The fourth-order valence-electron chi connectivity index (χ4n) is 3.47. The Hall–Kier alpha value is -2.81. The van der Waals surface area contributed by atoms with Gasteiger partial charge in [0, 0.05) is 0 Å². The average molecular weight is 348 g/mol. The van der Waals surface area contributed by atoms with E-state index in [1.165, 1.54) is 30.4 Å². The van der Waals surface area contributed by atoms with Crippen LogP contribution in [0.25, 0.3) is 10.8 Å². The summed E-state index contributed by atoms with van der Waals surface area (Å²) in [5, 5.41) is 10.8. The van der Waals surface area contributed by atoms with Crippen molar-refractivity contribution in [2.75, 3.05) is 7.11 Å². The molecule has 0 radical (unpaired) electrons. The Morgan fingerprint density at radius 3 is 2.54 bits per heavy atom. The van der Waals surface area contributed by atoms with Crippen molar-refractivity contribution in [2.45, 2.75) is 26.2 Å².